The van der Waals surface area contributed by atoms with Crippen molar-refractivity contribution in [1.29, 1.82) is 0 Å². The number of aromatic carboxylic acids is 1. The molecule has 1 aromatic rings. The second kappa shape index (κ2) is 5.49. The molecule has 2 N–H and O–H groups in total. The fourth-order valence-corrected chi connectivity index (χ4v) is 1.61. The molecule has 0 aromatic carbocycles. The fraction of sp³-hybridized carbons (Fsp3) is 0.500. The average Bonchev–Trinajstić information content (AvgIpc) is 2.25. The molecule has 1 heterocycles. The first-order valence-electron chi connectivity index (χ1n) is 5.51. The molecular formula is C12H18N2O2. The number of carbonyl (C=O) groups is 1. The minimum atomic E-state index is -0.950. The first-order chi connectivity index (χ1) is 7.56. The zero-order chi connectivity index (χ0) is 12.1. The van der Waals surface area contributed by atoms with Gasteiger partial charge < -0.3 is 10.4 Å². The molecule has 4 heteroatoms. The third-order valence-corrected chi connectivity index (χ3v) is 2.60. The normalized spacial score (nSPS) is 12.5. The van der Waals surface area contributed by atoms with E-state index in [1.807, 2.05) is 0 Å². The predicted octanol–water partition coefficient (Wildman–Crippen LogP) is 2.63. The third-order valence-electron chi connectivity index (χ3n) is 2.60. The number of hydrogen-bond acceptors (Lipinski definition) is 3. The largest absolute Gasteiger partial charge is 0.478 e. The minimum absolute atomic E-state index is 0.224. The Kier molecular flexibility index (Phi) is 4.28. The van der Waals surface area contributed by atoms with E-state index in [4.69, 9.17) is 5.11 Å². The lowest BCUT2D eigenvalue weighted by atomic mass is 10.0. The maximum Gasteiger partial charge on any atom is 0.339 e. The Morgan fingerprint density at radius 2 is 2.25 bits per heavy atom. The molecule has 0 saturated heterocycles. The van der Waals surface area contributed by atoms with E-state index in [1.165, 1.54) is 0 Å². The summed E-state index contributed by atoms with van der Waals surface area (Å²) in [5.74, 6) is -0.0570. The molecular weight excluding hydrogens is 204 g/mol. The van der Waals surface area contributed by atoms with Gasteiger partial charge in [0.05, 0.1) is 0 Å². The van der Waals surface area contributed by atoms with E-state index in [0.29, 0.717) is 11.7 Å². The quantitative estimate of drug-likeness (QED) is 0.804. The molecule has 0 aliphatic rings. The maximum atomic E-state index is 11.0. The third kappa shape index (κ3) is 2.95. The summed E-state index contributed by atoms with van der Waals surface area (Å²) in [5.41, 5.74) is 0.224. The standard InChI is InChI=1S/C12H18N2O2/c1-4-10(8(2)3)14-11-9(12(15)16)6-5-7-13-11/h5-8,10H,4H2,1-3H3,(H,13,14)(H,15,16). The number of aromatic nitrogens is 1. The molecule has 1 aromatic heterocycles. The summed E-state index contributed by atoms with van der Waals surface area (Å²) in [6.07, 6.45) is 2.54. The van der Waals surface area contributed by atoms with Gasteiger partial charge in [0.25, 0.3) is 0 Å². The van der Waals surface area contributed by atoms with Crippen molar-refractivity contribution in [2.45, 2.75) is 33.2 Å². The molecule has 4 nitrogen and oxygen atoms in total. The minimum Gasteiger partial charge on any atom is -0.478 e. The number of nitrogens with one attached hydrogen (secondary N) is 1. The first-order valence-corrected chi connectivity index (χ1v) is 5.51. The van der Waals surface area contributed by atoms with Crippen molar-refractivity contribution in [1.82, 2.24) is 4.98 Å². The second-order valence-electron chi connectivity index (χ2n) is 4.11. The number of carboxylic acids is 1. The van der Waals surface area contributed by atoms with Gasteiger partial charge in [0.15, 0.2) is 0 Å². The Morgan fingerprint density at radius 1 is 1.56 bits per heavy atom. The van der Waals surface area contributed by atoms with Gasteiger partial charge in [0.1, 0.15) is 11.4 Å². The molecule has 1 atom stereocenters. The van der Waals surface area contributed by atoms with Gasteiger partial charge in [0.2, 0.25) is 0 Å². The van der Waals surface area contributed by atoms with E-state index in [2.05, 4.69) is 31.1 Å². The summed E-state index contributed by atoms with van der Waals surface area (Å²) in [6, 6.07) is 3.43. The molecule has 0 aliphatic heterocycles. The van der Waals surface area contributed by atoms with Gasteiger partial charge in [-0.1, -0.05) is 20.8 Å². The molecule has 0 bridgehead atoms. The van der Waals surface area contributed by atoms with Crippen molar-refractivity contribution >= 4 is 11.8 Å². The Labute approximate surface area is 95.7 Å². The lowest BCUT2D eigenvalue weighted by Gasteiger charge is -2.22. The van der Waals surface area contributed by atoms with Gasteiger partial charge in [-0.05, 0) is 24.5 Å². The van der Waals surface area contributed by atoms with Crippen LogP contribution >= 0.6 is 0 Å². The van der Waals surface area contributed by atoms with Crippen LogP contribution < -0.4 is 5.32 Å². The number of rotatable bonds is 5. The van der Waals surface area contributed by atoms with E-state index >= 15 is 0 Å². The van der Waals surface area contributed by atoms with Gasteiger partial charge in [-0.3, -0.25) is 0 Å². The summed E-state index contributed by atoms with van der Waals surface area (Å²) in [4.78, 5) is 15.1. The van der Waals surface area contributed by atoms with Crippen LogP contribution in [0.5, 0.6) is 0 Å². The van der Waals surface area contributed by atoms with E-state index in [1.54, 1.807) is 18.3 Å². The summed E-state index contributed by atoms with van der Waals surface area (Å²) in [7, 11) is 0. The number of hydrogen-bond donors (Lipinski definition) is 2. The van der Waals surface area contributed by atoms with Crippen molar-refractivity contribution in [2.24, 2.45) is 5.92 Å². The zero-order valence-electron chi connectivity index (χ0n) is 9.90. The molecule has 0 saturated carbocycles. The molecule has 1 unspecified atom stereocenters. The highest BCUT2D eigenvalue weighted by molar-refractivity contribution is 5.93. The van der Waals surface area contributed by atoms with Crippen LogP contribution in [0.1, 0.15) is 37.6 Å². The highest BCUT2D eigenvalue weighted by atomic mass is 16.4. The van der Waals surface area contributed by atoms with Crippen molar-refractivity contribution in [2.75, 3.05) is 5.32 Å². The van der Waals surface area contributed by atoms with Crippen LogP contribution in [0.2, 0.25) is 0 Å². The Balaban J connectivity index is 2.91. The lowest BCUT2D eigenvalue weighted by molar-refractivity contribution is 0.0697. The molecule has 0 aliphatic carbocycles. The van der Waals surface area contributed by atoms with Gasteiger partial charge in [-0.15, -0.1) is 0 Å². The van der Waals surface area contributed by atoms with Crippen LogP contribution in [0.25, 0.3) is 0 Å². The van der Waals surface area contributed by atoms with Crippen LogP contribution in [0.3, 0.4) is 0 Å². The SMILES string of the molecule is CCC(Nc1ncccc1C(=O)O)C(C)C. The molecule has 0 radical (unpaired) electrons. The first kappa shape index (κ1) is 12.5. The van der Waals surface area contributed by atoms with E-state index < -0.39 is 5.97 Å². The zero-order valence-corrected chi connectivity index (χ0v) is 9.90. The van der Waals surface area contributed by atoms with Gasteiger partial charge in [-0.25, -0.2) is 9.78 Å². The predicted molar refractivity (Wildman–Crippen MR) is 63.7 cm³/mol. The molecule has 0 amide bonds. The topological polar surface area (TPSA) is 62.2 Å². The monoisotopic (exact) mass is 222 g/mol. The van der Waals surface area contributed by atoms with Crippen LogP contribution in [-0.2, 0) is 0 Å². The van der Waals surface area contributed by atoms with E-state index in [9.17, 15) is 4.79 Å². The molecule has 0 fully saturated rings. The van der Waals surface area contributed by atoms with Crippen molar-refractivity contribution in [3.05, 3.63) is 23.9 Å². The van der Waals surface area contributed by atoms with Crippen LogP contribution in [0.4, 0.5) is 5.82 Å². The lowest BCUT2D eigenvalue weighted by Crippen LogP contribution is -2.26. The molecule has 88 valence electrons. The molecule has 16 heavy (non-hydrogen) atoms. The number of carboxylic acid groups (broad SMARTS) is 1. The van der Waals surface area contributed by atoms with E-state index in [0.717, 1.165) is 6.42 Å². The molecule has 0 spiro atoms. The van der Waals surface area contributed by atoms with Crippen LogP contribution in [0, 0.1) is 5.92 Å². The van der Waals surface area contributed by atoms with Gasteiger partial charge in [-0.2, -0.15) is 0 Å². The summed E-state index contributed by atoms with van der Waals surface area (Å²) in [5, 5.41) is 12.2. The fourth-order valence-electron chi connectivity index (χ4n) is 1.61. The summed E-state index contributed by atoms with van der Waals surface area (Å²) < 4.78 is 0. The highest BCUT2D eigenvalue weighted by Crippen LogP contribution is 2.17. The van der Waals surface area contributed by atoms with Crippen LogP contribution in [0.15, 0.2) is 18.3 Å². The van der Waals surface area contributed by atoms with Crippen molar-refractivity contribution in [3.8, 4) is 0 Å². The number of nitrogens with zero attached hydrogens (tertiary/aromatic N) is 1. The maximum absolute atomic E-state index is 11.0. The average molecular weight is 222 g/mol. The second-order valence-corrected chi connectivity index (χ2v) is 4.11. The molecule has 1 rings (SSSR count). The summed E-state index contributed by atoms with van der Waals surface area (Å²) >= 11 is 0. The van der Waals surface area contributed by atoms with Gasteiger partial charge >= 0.3 is 5.97 Å². The van der Waals surface area contributed by atoms with Gasteiger partial charge in [0, 0.05) is 12.2 Å². The van der Waals surface area contributed by atoms with Crippen molar-refractivity contribution in [3.63, 3.8) is 0 Å². The van der Waals surface area contributed by atoms with Crippen molar-refractivity contribution < 1.29 is 9.90 Å². The highest BCUT2D eigenvalue weighted by Gasteiger charge is 2.16. The Morgan fingerprint density at radius 3 is 2.75 bits per heavy atom. The van der Waals surface area contributed by atoms with Crippen LogP contribution in [-0.4, -0.2) is 22.1 Å². The summed E-state index contributed by atoms with van der Waals surface area (Å²) in [6.45, 7) is 6.27. The smallest absolute Gasteiger partial charge is 0.339 e. The van der Waals surface area contributed by atoms with E-state index in [-0.39, 0.29) is 11.6 Å². The Hall–Kier alpha value is -1.58. The Bertz CT molecular complexity index is 364. The number of anilines is 1. The number of pyridine rings is 1.